The third kappa shape index (κ3) is 3.35. The number of nitrogens with two attached hydrogens (primary N) is 1. The average Bonchev–Trinajstić information content (AvgIpc) is 2.41. The highest BCUT2D eigenvalue weighted by Gasteiger charge is 2.28. The molecule has 3 heteroatoms. The zero-order valence-electron chi connectivity index (χ0n) is 12.6. The van der Waals surface area contributed by atoms with Crippen LogP contribution in [0.3, 0.4) is 0 Å². The van der Waals surface area contributed by atoms with Crippen molar-refractivity contribution in [3.8, 4) is 0 Å². The first-order valence-corrected chi connectivity index (χ1v) is 7.23. The molecule has 2 N–H and O–H groups in total. The largest absolute Gasteiger partial charge is 0.323 e. The van der Waals surface area contributed by atoms with Gasteiger partial charge in [-0.1, -0.05) is 38.1 Å². The molecule has 2 unspecified atom stereocenters. The third-order valence-electron chi connectivity index (χ3n) is 4.30. The van der Waals surface area contributed by atoms with Gasteiger partial charge in [0.1, 0.15) is 0 Å². The lowest BCUT2D eigenvalue weighted by atomic mass is 9.94. The van der Waals surface area contributed by atoms with Crippen LogP contribution in [0.1, 0.15) is 36.9 Å². The number of hydrogen-bond donors (Lipinski definition) is 1. The van der Waals surface area contributed by atoms with Crippen molar-refractivity contribution in [2.45, 2.75) is 31.8 Å². The Balaban J connectivity index is 2.11. The van der Waals surface area contributed by atoms with E-state index in [-0.39, 0.29) is 6.04 Å². The Morgan fingerprint density at radius 2 is 1.63 bits per heavy atom. The second-order valence-corrected chi connectivity index (χ2v) is 6.16. The molecule has 1 aliphatic heterocycles. The molecule has 1 saturated heterocycles. The average molecular weight is 261 g/mol. The van der Waals surface area contributed by atoms with Gasteiger partial charge in [0.15, 0.2) is 0 Å². The van der Waals surface area contributed by atoms with Crippen molar-refractivity contribution < 1.29 is 0 Å². The third-order valence-corrected chi connectivity index (χ3v) is 4.30. The molecule has 0 aliphatic carbocycles. The first kappa shape index (κ1) is 14.5. The van der Waals surface area contributed by atoms with Crippen LogP contribution in [-0.2, 0) is 0 Å². The first-order valence-electron chi connectivity index (χ1n) is 7.23. The Bertz CT molecular complexity index is 399. The van der Waals surface area contributed by atoms with Crippen molar-refractivity contribution in [3.05, 3.63) is 35.4 Å². The molecule has 1 aromatic rings. The van der Waals surface area contributed by atoms with Crippen LogP contribution in [0.25, 0.3) is 0 Å². The Kier molecular flexibility index (Phi) is 4.61. The van der Waals surface area contributed by atoms with Gasteiger partial charge in [0.2, 0.25) is 0 Å². The monoisotopic (exact) mass is 261 g/mol. The lowest BCUT2D eigenvalue weighted by Gasteiger charge is -2.40. The fraction of sp³-hybridized carbons (Fsp3) is 0.625. The summed E-state index contributed by atoms with van der Waals surface area (Å²) < 4.78 is 0. The van der Waals surface area contributed by atoms with Gasteiger partial charge in [-0.2, -0.15) is 0 Å². The number of rotatable bonds is 3. The van der Waals surface area contributed by atoms with Crippen molar-refractivity contribution >= 4 is 0 Å². The van der Waals surface area contributed by atoms with Crippen molar-refractivity contribution in [2.75, 3.05) is 33.7 Å². The standard InChI is InChI=1S/C16H27N3/c1-12(2)13-5-7-14(8-6-13)16(17)15-11-18(3)9-10-19(15)4/h5-8,12,15-16H,9-11,17H2,1-4H3. The van der Waals surface area contributed by atoms with E-state index in [1.165, 1.54) is 11.1 Å². The summed E-state index contributed by atoms with van der Waals surface area (Å²) in [5.74, 6) is 0.578. The van der Waals surface area contributed by atoms with E-state index in [4.69, 9.17) is 5.73 Å². The molecule has 1 aromatic carbocycles. The zero-order valence-corrected chi connectivity index (χ0v) is 12.6. The van der Waals surface area contributed by atoms with E-state index in [0.717, 1.165) is 19.6 Å². The number of benzene rings is 1. The van der Waals surface area contributed by atoms with E-state index in [2.05, 4.69) is 62.0 Å². The van der Waals surface area contributed by atoms with E-state index >= 15 is 0 Å². The van der Waals surface area contributed by atoms with Crippen LogP contribution in [-0.4, -0.2) is 49.6 Å². The Morgan fingerprint density at radius 3 is 2.21 bits per heavy atom. The van der Waals surface area contributed by atoms with Gasteiger partial charge in [0.05, 0.1) is 0 Å². The van der Waals surface area contributed by atoms with Gasteiger partial charge in [0, 0.05) is 31.7 Å². The van der Waals surface area contributed by atoms with Crippen LogP contribution in [0.4, 0.5) is 0 Å². The van der Waals surface area contributed by atoms with Crippen LogP contribution < -0.4 is 5.73 Å². The normalized spacial score (nSPS) is 23.8. The second kappa shape index (κ2) is 6.04. The molecule has 1 fully saturated rings. The Morgan fingerprint density at radius 1 is 1.05 bits per heavy atom. The van der Waals surface area contributed by atoms with Gasteiger partial charge in [-0.25, -0.2) is 0 Å². The molecule has 1 aliphatic rings. The summed E-state index contributed by atoms with van der Waals surface area (Å²) in [6, 6.07) is 9.32. The molecular formula is C16H27N3. The molecule has 0 aromatic heterocycles. The maximum absolute atomic E-state index is 6.48. The fourth-order valence-corrected chi connectivity index (χ4v) is 2.76. The highest BCUT2D eigenvalue weighted by molar-refractivity contribution is 5.27. The highest BCUT2D eigenvalue weighted by Crippen LogP contribution is 2.23. The van der Waals surface area contributed by atoms with Crippen molar-refractivity contribution in [1.29, 1.82) is 0 Å². The van der Waals surface area contributed by atoms with Crippen LogP contribution in [0, 0.1) is 0 Å². The number of hydrogen-bond acceptors (Lipinski definition) is 3. The van der Waals surface area contributed by atoms with E-state index in [9.17, 15) is 0 Å². The van der Waals surface area contributed by atoms with Gasteiger partial charge in [-0.05, 0) is 31.1 Å². The molecule has 0 radical (unpaired) electrons. The lowest BCUT2D eigenvalue weighted by Crippen LogP contribution is -2.54. The predicted octanol–water partition coefficient (Wildman–Crippen LogP) is 2.06. The van der Waals surface area contributed by atoms with Gasteiger partial charge >= 0.3 is 0 Å². The molecular weight excluding hydrogens is 234 g/mol. The van der Waals surface area contributed by atoms with Crippen molar-refractivity contribution in [1.82, 2.24) is 9.80 Å². The maximum Gasteiger partial charge on any atom is 0.0465 e. The fourth-order valence-electron chi connectivity index (χ4n) is 2.76. The maximum atomic E-state index is 6.48. The van der Waals surface area contributed by atoms with Crippen LogP contribution in [0.2, 0.25) is 0 Å². The molecule has 19 heavy (non-hydrogen) atoms. The molecule has 0 saturated carbocycles. The molecule has 2 rings (SSSR count). The Hall–Kier alpha value is -0.900. The summed E-state index contributed by atoms with van der Waals surface area (Å²) in [7, 11) is 4.36. The van der Waals surface area contributed by atoms with E-state index in [1.54, 1.807) is 0 Å². The molecule has 0 spiro atoms. The minimum Gasteiger partial charge on any atom is -0.323 e. The topological polar surface area (TPSA) is 32.5 Å². The van der Waals surface area contributed by atoms with Crippen molar-refractivity contribution in [2.24, 2.45) is 5.73 Å². The molecule has 0 amide bonds. The number of piperazine rings is 1. The zero-order chi connectivity index (χ0) is 14.0. The summed E-state index contributed by atoms with van der Waals surface area (Å²) in [5, 5.41) is 0. The summed E-state index contributed by atoms with van der Waals surface area (Å²) in [6.07, 6.45) is 0. The Labute approximate surface area is 117 Å². The van der Waals surface area contributed by atoms with E-state index in [1.807, 2.05) is 0 Å². The molecule has 3 nitrogen and oxygen atoms in total. The minimum atomic E-state index is 0.0916. The predicted molar refractivity (Wildman–Crippen MR) is 81.4 cm³/mol. The van der Waals surface area contributed by atoms with Gasteiger partial charge in [0.25, 0.3) is 0 Å². The smallest absolute Gasteiger partial charge is 0.0465 e. The van der Waals surface area contributed by atoms with Crippen LogP contribution in [0.5, 0.6) is 0 Å². The SMILES string of the molecule is CC(C)c1ccc(C(N)C2CN(C)CCN2C)cc1. The van der Waals surface area contributed by atoms with Crippen LogP contribution in [0.15, 0.2) is 24.3 Å². The molecule has 2 atom stereocenters. The van der Waals surface area contributed by atoms with Gasteiger partial charge in [-0.15, -0.1) is 0 Å². The summed E-state index contributed by atoms with van der Waals surface area (Å²) in [4.78, 5) is 4.76. The van der Waals surface area contributed by atoms with E-state index in [0.29, 0.717) is 12.0 Å². The summed E-state index contributed by atoms with van der Waals surface area (Å²) in [5.41, 5.74) is 9.11. The minimum absolute atomic E-state index is 0.0916. The van der Waals surface area contributed by atoms with Gasteiger partial charge in [-0.3, -0.25) is 4.90 Å². The molecule has 1 heterocycles. The lowest BCUT2D eigenvalue weighted by molar-refractivity contribution is 0.0974. The number of likely N-dealkylation sites (N-methyl/N-ethyl adjacent to an activating group) is 2. The summed E-state index contributed by atoms with van der Waals surface area (Å²) in [6.45, 7) is 7.71. The van der Waals surface area contributed by atoms with Crippen molar-refractivity contribution in [3.63, 3.8) is 0 Å². The van der Waals surface area contributed by atoms with Gasteiger partial charge < -0.3 is 10.6 Å². The van der Waals surface area contributed by atoms with Crippen LogP contribution >= 0.6 is 0 Å². The quantitative estimate of drug-likeness (QED) is 0.904. The summed E-state index contributed by atoms with van der Waals surface area (Å²) >= 11 is 0. The molecule has 0 bridgehead atoms. The number of nitrogens with zero attached hydrogens (tertiary/aromatic N) is 2. The highest BCUT2D eigenvalue weighted by atomic mass is 15.3. The first-order chi connectivity index (χ1) is 8.99. The van der Waals surface area contributed by atoms with E-state index < -0.39 is 0 Å². The second-order valence-electron chi connectivity index (χ2n) is 6.16. The molecule has 106 valence electrons.